The molecule has 2 rings (SSSR count). The Hall–Kier alpha value is -0.630. The fourth-order valence-corrected chi connectivity index (χ4v) is 3.25. The molecule has 2 aliphatic rings. The molecule has 0 saturated carbocycles. The third kappa shape index (κ3) is 2.22. The van der Waals surface area contributed by atoms with Gasteiger partial charge in [0.25, 0.3) is 0 Å². The van der Waals surface area contributed by atoms with Gasteiger partial charge in [-0.2, -0.15) is 0 Å². The Balaban J connectivity index is 2.09. The highest BCUT2D eigenvalue weighted by Gasteiger charge is 2.29. The molecule has 0 N–H and O–H groups in total. The highest BCUT2D eigenvalue weighted by molar-refractivity contribution is 5.97. The van der Waals surface area contributed by atoms with Gasteiger partial charge in [-0.1, -0.05) is 19.4 Å². The maximum atomic E-state index is 11.8. The maximum Gasteiger partial charge on any atom is 0.158 e. The van der Waals surface area contributed by atoms with E-state index in [1.807, 2.05) is 0 Å². The minimum absolute atomic E-state index is 0.444. The average Bonchev–Trinajstić information content (AvgIpc) is 2.31. The minimum Gasteiger partial charge on any atom is -0.301 e. The van der Waals surface area contributed by atoms with Crippen molar-refractivity contribution in [2.75, 3.05) is 13.1 Å². The van der Waals surface area contributed by atoms with Crippen LogP contribution in [0.1, 0.15) is 52.4 Å². The molecule has 0 aliphatic heterocycles. The zero-order valence-corrected chi connectivity index (χ0v) is 10.6. The van der Waals surface area contributed by atoms with E-state index in [4.69, 9.17) is 0 Å². The molecule has 1 unspecified atom stereocenters. The number of carbonyl (C=O) groups excluding carboxylic acids is 1. The Morgan fingerprint density at radius 3 is 2.62 bits per heavy atom. The zero-order valence-electron chi connectivity index (χ0n) is 10.6. The standard InChI is InChI=1S/C14H23NO/c1-3-15(4-2)12-8-9-13-11(10-12)6-5-7-14(13)16/h12H,3-10H2,1-2H3. The fourth-order valence-electron chi connectivity index (χ4n) is 3.25. The number of ketones is 1. The van der Waals surface area contributed by atoms with Crippen LogP contribution in [0.15, 0.2) is 11.1 Å². The van der Waals surface area contributed by atoms with Crippen LogP contribution in [0.3, 0.4) is 0 Å². The summed E-state index contributed by atoms with van der Waals surface area (Å²) >= 11 is 0. The smallest absolute Gasteiger partial charge is 0.158 e. The van der Waals surface area contributed by atoms with Gasteiger partial charge in [0.05, 0.1) is 0 Å². The SMILES string of the molecule is CCN(CC)C1CCC2=C(CCCC2=O)C1. The van der Waals surface area contributed by atoms with E-state index in [-0.39, 0.29) is 0 Å². The number of rotatable bonds is 3. The van der Waals surface area contributed by atoms with Gasteiger partial charge in [0.15, 0.2) is 5.78 Å². The second kappa shape index (κ2) is 5.13. The van der Waals surface area contributed by atoms with Crippen LogP contribution in [0.5, 0.6) is 0 Å². The van der Waals surface area contributed by atoms with Crippen LogP contribution >= 0.6 is 0 Å². The first-order valence-corrected chi connectivity index (χ1v) is 6.74. The molecular formula is C14H23NO. The van der Waals surface area contributed by atoms with Crippen LogP contribution in [0.4, 0.5) is 0 Å². The average molecular weight is 221 g/mol. The van der Waals surface area contributed by atoms with Gasteiger partial charge >= 0.3 is 0 Å². The van der Waals surface area contributed by atoms with Gasteiger partial charge in [-0.25, -0.2) is 0 Å². The quantitative estimate of drug-likeness (QED) is 0.730. The van der Waals surface area contributed by atoms with Crippen molar-refractivity contribution in [2.45, 2.75) is 58.4 Å². The normalized spacial score (nSPS) is 26.2. The molecule has 0 spiro atoms. The van der Waals surface area contributed by atoms with Crippen molar-refractivity contribution in [1.82, 2.24) is 4.90 Å². The van der Waals surface area contributed by atoms with E-state index in [0.717, 1.165) is 38.8 Å². The minimum atomic E-state index is 0.444. The molecule has 2 heteroatoms. The monoisotopic (exact) mass is 221 g/mol. The zero-order chi connectivity index (χ0) is 11.5. The lowest BCUT2D eigenvalue weighted by Gasteiger charge is -2.36. The third-order valence-corrected chi connectivity index (χ3v) is 4.18. The van der Waals surface area contributed by atoms with Crippen LogP contribution in [-0.4, -0.2) is 29.8 Å². The molecule has 0 bridgehead atoms. The molecule has 0 aromatic heterocycles. The first kappa shape index (κ1) is 11.8. The summed E-state index contributed by atoms with van der Waals surface area (Å²) in [5.74, 6) is 0.444. The molecule has 0 radical (unpaired) electrons. The molecule has 2 nitrogen and oxygen atoms in total. The van der Waals surface area contributed by atoms with Crippen LogP contribution < -0.4 is 0 Å². The first-order chi connectivity index (χ1) is 7.76. The number of allylic oxidation sites excluding steroid dienone is 1. The largest absolute Gasteiger partial charge is 0.301 e. The van der Waals surface area contributed by atoms with Crippen LogP contribution in [0.25, 0.3) is 0 Å². The Morgan fingerprint density at radius 1 is 1.19 bits per heavy atom. The summed E-state index contributed by atoms with van der Waals surface area (Å²) in [5, 5.41) is 0. The van der Waals surface area contributed by atoms with Crippen molar-refractivity contribution in [3.8, 4) is 0 Å². The Morgan fingerprint density at radius 2 is 1.94 bits per heavy atom. The molecule has 16 heavy (non-hydrogen) atoms. The molecular weight excluding hydrogens is 198 g/mol. The second-order valence-corrected chi connectivity index (χ2v) is 4.98. The number of Topliss-reactive ketones (excluding diaryl/α,β-unsaturated/α-hetero) is 1. The molecule has 0 amide bonds. The number of carbonyl (C=O) groups is 1. The predicted octanol–water partition coefficient (Wildman–Crippen LogP) is 2.93. The van der Waals surface area contributed by atoms with Crippen molar-refractivity contribution in [1.29, 1.82) is 0 Å². The molecule has 0 heterocycles. The van der Waals surface area contributed by atoms with Gasteiger partial charge in [-0.3, -0.25) is 4.79 Å². The molecule has 2 aliphatic carbocycles. The lowest BCUT2D eigenvalue weighted by atomic mass is 9.79. The topological polar surface area (TPSA) is 20.3 Å². The van der Waals surface area contributed by atoms with E-state index in [1.54, 1.807) is 0 Å². The van der Waals surface area contributed by atoms with Gasteiger partial charge in [0, 0.05) is 12.5 Å². The van der Waals surface area contributed by atoms with Crippen molar-refractivity contribution in [2.24, 2.45) is 0 Å². The summed E-state index contributed by atoms with van der Waals surface area (Å²) in [7, 11) is 0. The van der Waals surface area contributed by atoms with Gasteiger partial charge in [-0.05, 0) is 50.8 Å². The van der Waals surface area contributed by atoms with Crippen molar-refractivity contribution < 1.29 is 4.79 Å². The van der Waals surface area contributed by atoms with Crippen LogP contribution in [0.2, 0.25) is 0 Å². The molecule has 0 aromatic rings. The summed E-state index contributed by atoms with van der Waals surface area (Å²) in [6.07, 6.45) is 6.45. The van der Waals surface area contributed by atoms with E-state index in [9.17, 15) is 4.79 Å². The summed E-state index contributed by atoms with van der Waals surface area (Å²) in [6, 6.07) is 0.694. The lowest BCUT2D eigenvalue weighted by molar-refractivity contribution is -0.116. The number of hydrogen-bond donors (Lipinski definition) is 0. The molecule has 1 atom stereocenters. The van der Waals surface area contributed by atoms with E-state index in [0.29, 0.717) is 11.8 Å². The van der Waals surface area contributed by atoms with E-state index in [2.05, 4.69) is 18.7 Å². The summed E-state index contributed by atoms with van der Waals surface area (Å²) in [4.78, 5) is 14.3. The van der Waals surface area contributed by atoms with Crippen molar-refractivity contribution >= 4 is 5.78 Å². The summed E-state index contributed by atoms with van der Waals surface area (Å²) in [6.45, 7) is 6.74. The van der Waals surface area contributed by atoms with E-state index < -0.39 is 0 Å². The Labute approximate surface area is 98.7 Å². The molecule has 90 valence electrons. The lowest BCUT2D eigenvalue weighted by Crippen LogP contribution is -2.38. The van der Waals surface area contributed by atoms with E-state index >= 15 is 0 Å². The highest BCUT2D eigenvalue weighted by Crippen LogP contribution is 2.35. The van der Waals surface area contributed by atoms with E-state index in [1.165, 1.54) is 24.0 Å². The fraction of sp³-hybridized carbons (Fsp3) is 0.786. The van der Waals surface area contributed by atoms with Gasteiger partial charge in [0.1, 0.15) is 0 Å². The molecule has 0 fully saturated rings. The number of hydrogen-bond acceptors (Lipinski definition) is 2. The predicted molar refractivity (Wildman–Crippen MR) is 66.4 cm³/mol. The highest BCUT2D eigenvalue weighted by atomic mass is 16.1. The second-order valence-electron chi connectivity index (χ2n) is 4.98. The van der Waals surface area contributed by atoms with Crippen molar-refractivity contribution in [3.63, 3.8) is 0 Å². The van der Waals surface area contributed by atoms with Gasteiger partial charge in [-0.15, -0.1) is 0 Å². The molecule has 0 aromatic carbocycles. The van der Waals surface area contributed by atoms with Gasteiger partial charge < -0.3 is 4.90 Å². The number of nitrogens with zero attached hydrogens (tertiary/aromatic N) is 1. The maximum absolute atomic E-state index is 11.8. The van der Waals surface area contributed by atoms with Crippen molar-refractivity contribution in [3.05, 3.63) is 11.1 Å². The summed E-state index contributed by atoms with van der Waals surface area (Å²) in [5.41, 5.74) is 2.69. The third-order valence-electron chi connectivity index (χ3n) is 4.18. The Kier molecular flexibility index (Phi) is 3.80. The van der Waals surface area contributed by atoms with Crippen LogP contribution in [0, 0.1) is 0 Å². The molecule has 0 saturated heterocycles. The Bertz CT molecular complexity index is 302. The van der Waals surface area contributed by atoms with Gasteiger partial charge in [0.2, 0.25) is 0 Å². The van der Waals surface area contributed by atoms with Crippen LogP contribution in [-0.2, 0) is 4.79 Å². The first-order valence-electron chi connectivity index (χ1n) is 6.74. The summed E-state index contributed by atoms with van der Waals surface area (Å²) < 4.78 is 0.